The first-order chi connectivity index (χ1) is 12.1. The van der Waals surface area contributed by atoms with Crippen LogP contribution in [0.3, 0.4) is 0 Å². The molecule has 0 aliphatic carbocycles. The van der Waals surface area contributed by atoms with Crippen LogP contribution < -0.4 is 14.8 Å². The monoisotopic (exact) mass is 359 g/mol. The highest BCUT2D eigenvalue weighted by Crippen LogP contribution is 2.30. The summed E-state index contributed by atoms with van der Waals surface area (Å²) in [6.45, 7) is 11.9. The van der Waals surface area contributed by atoms with Crippen LogP contribution in [-0.2, 0) is 5.54 Å². The third-order valence-electron chi connectivity index (χ3n) is 4.40. The zero-order chi connectivity index (χ0) is 19.6. The summed E-state index contributed by atoms with van der Waals surface area (Å²) in [6, 6.07) is 5.30. The summed E-state index contributed by atoms with van der Waals surface area (Å²) in [5, 5.41) is 7.61. The van der Waals surface area contributed by atoms with Crippen LogP contribution in [0, 0.1) is 13.8 Å². The van der Waals surface area contributed by atoms with Gasteiger partial charge in [0.25, 0.3) is 5.91 Å². The first kappa shape index (κ1) is 19.8. The maximum atomic E-state index is 12.9. The number of amides is 1. The van der Waals surface area contributed by atoms with E-state index in [4.69, 9.17) is 9.47 Å². The smallest absolute Gasteiger partial charge is 0.255 e. The standard InChI is InChI=1S/C20H29N3O3/c1-12(16-11-15(25-7)9-10-17(16)26-8)21-19(24)18-13(2)22-23(14(18)3)20(4,5)6/h9-12H,1-8H3,(H,21,24)/t12-/m1/s1. The minimum Gasteiger partial charge on any atom is -0.497 e. The summed E-state index contributed by atoms with van der Waals surface area (Å²) in [6.07, 6.45) is 0. The molecule has 0 aliphatic rings. The lowest BCUT2D eigenvalue weighted by molar-refractivity contribution is 0.0938. The van der Waals surface area contributed by atoms with Gasteiger partial charge in [0.05, 0.1) is 37.1 Å². The van der Waals surface area contributed by atoms with Crippen molar-refractivity contribution < 1.29 is 14.3 Å². The Morgan fingerprint density at radius 2 is 1.85 bits per heavy atom. The quantitative estimate of drug-likeness (QED) is 0.883. The molecule has 0 spiro atoms. The van der Waals surface area contributed by atoms with Crippen molar-refractivity contribution in [3.8, 4) is 11.5 Å². The molecule has 0 saturated heterocycles. The number of aromatic nitrogens is 2. The van der Waals surface area contributed by atoms with E-state index >= 15 is 0 Å². The van der Waals surface area contributed by atoms with Gasteiger partial charge in [0, 0.05) is 11.3 Å². The molecule has 1 aromatic carbocycles. The second kappa shape index (κ2) is 7.40. The topological polar surface area (TPSA) is 65.4 Å². The fourth-order valence-corrected chi connectivity index (χ4v) is 3.15. The van der Waals surface area contributed by atoms with Gasteiger partial charge in [0.15, 0.2) is 0 Å². The zero-order valence-corrected chi connectivity index (χ0v) is 16.9. The van der Waals surface area contributed by atoms with Crippen molar-refractivity contribution in [2.45, 2.75) is 53.1 Å². The number of hydrogen-bond acceptors (Lipinski definition) is 4. The molecular formula is C20H29N3O3. The van der Waals surface area contributed by atoms with Gasteiger partial charge in [-0.15, -0.1) is 0 Å². The Kier molecular flexibility index (Phi) is 5.64. The van der Waals surface area contributed by atoms with E-state index in [0.717, 1.165) is 22.7 Å². The summed E-state index contributed by atoms with van der Waals surface area (Å²) >= 11 is 0. The van der Waals surface area contributed by atoms with Crippen molar-refractivity contribution in [1.29, 1.82) is 0 Å². The van der Waals surface area contributed by atoms with Crippen LogP contribution >= 0.6 is 0 Å². The Morgan fingerprint density at radius 3 is 2.35 bits per heavy atom. The fourth-order valence-electron chi connectivity index (χ4n) is 3.15. The van der Waals surface area contributed by atoms with E-state index in [1.165, 1.54) is 0 Å². The van der Waals surface area contributed by atoms with Crippen molar-refractivity contribution in [1.82, 2.24) is 15.1 Å². The molecule has 1 amide bonds. The van der Waals surface area contributed by atoms with Gasteiger partial charge in [0.2, 0.25) is 0 Å². The van der Waals surface area contributed by atoms with Crippen LogP contribution in [0.25, 0.3) is 0 Å². The number of hydrogen-bond donors (Lipinski definition) is 1. The number of nitrogens with one attached hydrogen (secondary N) is 1. The Hall–Kier alpha value is -2.50. The highest BCUT2D eigenvalue weighted by atomic mass is 16.5. The summed E-state index contributed by atoms with van der Waals surface area (Å²) in [7, 11) is 3.23. The highest BCUT2D eigenvalue weighted by Gasteiger charge is 2.26. The van der Waals surface area contributed by atoms with Gasteiger partial charge in [0.1, 0.15) is 11.5 Å². The van der Waals surface area contributed by atoms with Gasteiger partial charge in [-0.2, -0.15) is 5.10 Å². The van der Waals surface area contributed by atoms with E-state index < -0.39 is 0 Å². The number of ether oxygens (including phenoxy) is 2. The molecule has 142 valence electrons. The predicted octanol–water partition coefficient (Wildman–Crippen LogP) is 3.76. The molecule has 0 unspecified atom stereocenters. The highest BCUT2D eigenvalue weighted by molar-refractivity contribution is 5.96. The summed E-state index contributed by atoms with van der Waals surface area (Å²) in [5.41, 5.74) is 2.87. The van der Waals surface area contributed by atoms with Crippen LogP contribution in [0.15, 0.2) is 18.2 Å². The van der Waals surface area contributed by atoms with Crippen molar-refractivity contribution in [2.75, 3.05) is 14.2 Å². The van der Waals surface area contributed by atoms with Gasteiger partial charge in [-0.1, -0.05) is 0 Å². The Bertz CT molecular complexity index is 803. The Morgan fingerprint density at radius 1 is 1.19 bits per heavy atom. The van der Waals surface area contributed by atoms with Crippen LogP contribution in [0.5, 0.6) is 11.5 Å². The van der Waals surface area contributed by atoms with Gasteiger partial charge < -0.3 is 14.8 Å². The van der Waals surface area contributed by atoms with Crippen LogP contribution in [0.2, 0.25) is 0 Å². The second-order valence-corrected chi connectivity index (χ2v) is 7.43. The lowest BCUT2D eigenvalue weighted by atomic mass is 10.0. The van der Waals surface area contributed by atoms with Gasteiger partial charge in [-0.25, -0.2) is 0 Å². The summed E-state index contributed by atoms with van der Waals surface area (Å²) < 4.78 is 12.6. The third-order valence-corrected chi connectivity index (χ3v) is 4.40. The van der Waals surface area contributed by atoms with Crippen LogP contribution in [0.4, 0.5) is 0 Å². The molecule has 0 fully saturated rings. The SMILES string of the molecule is COc1ccc(OC)c([C@@H](C)NC(=O)c2c(C)nn(C(C)(C)C)c2C)c1. The molecule has 1 aromatic heterocycles. The van der Waals surface area contributed by atoms with Crippen LogP contribution in [0.1, 0.15) is 61.0 Å². The molecular weight excluding hydrogens is 330 g/mol. The zero-order valence-electron chi connectivity index (χ0n) is 16.9. The van der Waals surface area contributed by atoms with E-state index in [9.17, 15) is 4.79 Å². The Balaban J connectivity index is 2.32. The molecule has 2 aromatic rings. The average Bonchev–Trinajstić information content (AvgIpc) is 2.88. The molecule has 1 N–H and O–H groups in total. The number of carbonyl (C=O) groups is 1. The van der Waals surface area contributed by atoms with E-state index in [1.807, 2.05) is 43.7 Å². The molecule has 0 bridgehead atoms. The minimum atomic E-state index is -0.246. The molecule has 0 saturated carbocycles. The first-order valence-electron chi connectivity index (χ1n) is 8.69. The van der Waals surface area contributed by atoms with E-state index in [0.29, 0.717) is 11.3 Å². The number of benzene rings is 1. The van der Waals surface area contributed by atoms with Gasteiger partial charge >= 0.3 is 0 Å². The molecule has 0 radical (unpaired) electrons. The lowest BCUT2D eigenvalue weighted by Gasteiger charge is -2.22. The third kappa shape index (κ3) is 3.84. The number of aryl methyl sites for hydroxylation is 1. The second-order valence-electron chi connectivity index (χ2n) is 7.43. The molecule has 1 heterocycles. The number of carbonyl (C=O) groups excluding carboxylic acids is 1. The first-order valence-corrected chi connectivity index (χ1v) is 8.69. The number of rotatable bonds is 5. The van der Waals surface area contributed by atoms with Gasteiger partial charge in [-0.05, 0) is 59.7 Å². The normalized spacial score (nSPS) is 12.6. The van der Waals surface area contributed by atoms with Gasteiger partial charge in [-0.3, -0.25) is 9.48 Å². The molecule has 0 aliphatic heterocycles. The van der Waals surface area contributed by atoms with Crippen molar-refractivity contribution in [3.05, 3.63) is 40.7 Å². The van der Waals surface area contributed by atoms with E-state index in [1.54, 1.807) is 14.2 Å². The summed E-state index contributed by atoms with van der Waals surface area (Å²) in [4.78, 5) is 12.9. The molecule has 2 rings (SSSR count). The van der Waals surface area contributed by atoms with E-state index in [-0.39, 0.29) is 17.5 Å². The minimum absolute atomic E-state index is 0.145. The summed E-state index contributed by atoms with van der Waals surface area (Å²) in [5.74, 6) is 1.28. The largest absolute Gasteiger partial charge is 0.497 e. The molecule has 6 nitrogen and oxygen atoms in total. The van der Waals surface area contributed by atoms with E-state index in [2.05, 4.69) is 31.2 Å². The lowest BCUT2D eigenvalue weighted by Crippen LogP contribution is -2.29. The average molecular weight is 359 g/mol. The molecule has 1 atom stereocenters. The fraction of sp³-hybridized carbons (Fsp3) is 0.500. The molecule has 26 heavy (non-hydrogen) atoms. The van der Waals surface area contributed by atoms with Crippen molar-refractivity contribution in [3.63, 3.8) is 0 Å². The number of nitrogens with zero attached hydrogens (tertiary/aromatic N) is 2. The predicted molar refractivity (Wildman–Crippen MR) is 102 cm³/mol. The molecule has 6 heteroatoms. The Labute approximate surface area is 155 Å². The number of methoxy groups -OCH3 is 2. The maximum Gasteiger partial charge on any atom is 0.255 e. The van der Waals surface area contributed by atoms with Crippen molar-refractivity contribution in [2.24, 2.45) is 0 Å². The maximum absolute atomic E-state index is 12.9. The van der Waals surface area contributed by atoms with Crippen LogP contribution in [-0.4, -0.2) is 29.9 Å². The van der Waals surface area contributed by atoms with Crippen molar-refractivity contribution >= 4 is 5.91 Å².